The average Bonchev–Trinajstić information content (AvgIpc) is 3.03. The van der Waals surface area contributed by atoms with Gasteiger partial charge in [0, 0.05) is 12.6 Å². The number of nitrogens with one attached hydrogen (secondary N) is 1. The van der Waals surface area contributed by atoms with Crippen LogP contribution in [0, 0.1) is 28.6 Å². The fourth-order valence-electron chi connectivity index (χ4n) is 7.88. The van der Waals surface area contributed by atoms with Gasteiger partial charge in [-0.1, -0.05) is 43.6 Å². The molecule has 1 N–H and O–H groups in total. The largest absolute Gasteiger partial charge is 0.379 e. The lowest BCUT2D eigenvalue weighted by Gasteiger charge is -2.57. The number of morpholine rings is 1. The van der Waals surface area contributed by atoms with Crippen molar-refractivity contribution in [2.75, 3.05) is 19.8 Å². The first-order valence-electron chi connectivity index (χ1n) is 11.8. The maximum atomic E-state index is 5.67. The SMILES string of the molecule is C[C@]12CCCCC1=CC[C@@H]1[C@@H]2CC[C@]2(C)C(CCC3COCCN3)=CC[C@@H]12. The molecule has 2 heteroatoms. The molecule has 5 aliphatic rings. The highest BCUT2D eigenvalue weighted by atomic mass is 16.5. The second-order valence-electron chi connectivity index (χ2n) is 10.7. The molecule has 6 atom stereocenters. The minimum atomic E-state index is 0.479. The maximum absolute atomic E-state index is 5.67. The van der Waals surface area contributed by atoms with Crippen LogP contribution < -0.4 is 5.32 Å². The molecule has 0 radical (unpaired) electrons. The van der Waals surface area contributed by atoms with Gasteiger partial charge >= 0.3 is 0 Å². The molecule has 27 heavy (non-hydrogen) atoms. The lowest BCUT2D eigenvalue weighted by Crippen LogP contribution is -2.49. The summed E-state index contributed by atoms with van der Waals surface area (Å²) in [5.41, 5.74) is 4.65. The van der Waals surface area contributed by atoms with Gasteiger partial charge in [0.2, 0.25) is 0 Å². The van der Waals surface area contributed by atoms with Gasteiger partial charge in [-0.3, -0.25) is 0 Å². The predicted molar refractivity (Wildman–Crippen MR) is 112 cm³/mol. The van der Waals surface area contributed by atoms with Crippen LogP contribution in [0.15, 0.2) is 23.3 Å². The zero-order chi connectivity index (χ0) is 18.5. The lowest BCUT2D eigenvalue weighted by molar-refractivity contribution is -0.0180. The molecule has 2 saturated carbocycles. The molecular formula is C25H39NO. The Labute approximate surface area is 166 Å². The molecule has 0 spiro atoms. The minimum Gasteiger partial charge on any atom is -0.379 e. The van der Waals surface area contributed by atoms with E-state index in [1.807, 2.05) is 5.57 Å². The molecular weight excluding hydrogens is 330 g/mol. The Hall–Kier alpha value is -0.600. The van der Waals surface area contributed by atoms with Crippen molar-refractivity contribution in [3.05, 3.63) is 23.3 Å². The normalized spacial score (nSPS) is 46.7. The first kappa shape index (κ1) is 18.4. The smallest absolute Gasteiger partial charge is 0.0620 e. The van der Waals surface area contributed by atoms with Crippen LogP contribution in [0.3, 0.4) is 0 Å². The van der Waals surface area contributed by atoms with Gasteiger partial charge in [-0.25, -0.2) is 0 Å². The molecule has 0 aromatic rings. The predicted octanol–water partition coefficient (Wildman–Crippen LogP) is 5.64. The van der Waals surface area contributed by atoms with Crippen molar-refractivity contribution in [1.29, 1.82) is 0 Å². The molecule has 4 aliphatic carbocycles. The van der Waals surface area contributed by atoms with E-state index in [0.29, 0.717) is 16.9 Å². The zero-order valence-electron chi connectivity index (χ0n) is 17.6. The second kappa shape index (κ2) is 7.02. The van der Waals surface area contributed by atoms with Gasteiger partial charge < -0.3 is 10.1 Å². The van der Waals surface area contributed by atoms with Crippen molar-refractivity contribution in [1.82, 2.24) is 5.32 Å². The van der Waals surface area contributed by atoms with Crippen molar-refractivity contribution in [2.24, 2.45) is 28.6 Å². The van der Waals surface area contributed by atoms with Gasteiger partial charge in [-0.15, -0.1) is 0 Å². The highest BCUT2D eigenvalue weighted by Gasteiger charge is 2.55. The number of hydrogen-bond acceptors (Lipinski definition) is 2. The Balaban J connectivity index is 1.30. The molecule has 0 aromatic heterocycles. The van der Waals surface area contributed by atoms with E-state index in [1.165, 1.54) is 64.2 Å². The molecule has 0 bridgehead atoms. The lowest BCUT2D eigenvalue weighted by atomic mass is 9.47. The molecule has 2 nitrogen and oxygen atoms in total. The summed E-state index contributed by atoms with van der Waals surface area (Å²) in [7, 11) is 0. The summed E-state index contributed by atoms with van der Waals surface area (Å²) in [4.78, 5) is 0. The van der Waals surface area contributed by atoms with E-state index in [-0.39, 0.29) is 0 Å². The van der Waals surface area contributed by atoms with E-state index in [1.54, 1.807) is 5.57 Å². The summed E-state index contributed by atoms with van der Waals surface area (Å²) < 4.78 is 5.67. The number of rotatable bonds is 3. The van der Waals surface area contributed by atoms with Gasteiger partial charge in [0.1, 0.15) is 0 Å². The molecule has 1 saturated heterocycles. The van der Waals surface area contributed by atoms with Crippen LogP contribution in [0.4, 0.5) is 0 Å². The van der Waals surface area contributed by atoms with Gasteiger partial charge in [0.25, 0.3) is 0 Å². The fourth-order valence-corrected chi connectivity index (χ4v) is 7.88. The Kier molecular flexibility index (Phi) is 4.79. The van der Waals surface area contributed by atoms with Crippen LogP contribution in [0.2, 0.25) is 0 Å². The number of hydrogen-bond donors (Lipinski definition) is 1. The quantitative estimate of drug-likeness (QED) is 0.650. The second-order valence-corrected chi connectivity index (χ2v) is 10.7. The molecule has 5 rings (SSSR count). The van der Waals surface area contributed by atoms with Crippen molar-refractivity contribution < 1.29 is 4.74 Å². The van der Waals surface area contributed by atoms with Crippen molar-refractivity contribution in [3.63, 3.8) is 0 Å². The molecule has 1 heterocycles. The first-order valence-corrected chi connectivity index (χ1v) is 11.8. The highest BCUT2D eigenvalue weighted by Crippen LogP contribution is 2.65. The third-order valence-electron chi connectivity index (χ3n) is 9.52. The van der Waals surface area contributed by atoms with Crippen molar-refractivity contribution in [2.45, 2.75) is 84.1 Å². The van der Waals surface area contributed by atoms with Crippen LogP contribution in [-0.4, -0.2) is 25.8 Å². The monoisotopic (exact) mass is 369 g/mol. The number of allylic oxidation sites excluding steroid dienone is 4. The number of fused-ring (bicyclic) bond motifs is 5. The van der Waals surface area contributed by atoms with E-state index in [0.717, 1.165) is 37.5 Å². The third-order valence-corrected chi connectivity index (χ3v) is 9.52. The van der Waals surface area contributed by atoms with Crippen LogP contribution >= 0.6 is 0 Å². The standard InChI is InChI=1S/C25H39NO/c1-24-13-4-3-5-18(24)7-10-21-22-11-8-19(25(22,2)14-12-23(21)24)6-9-20-17-27-16-15-26-20/h7-8,20-23,26H,3-6,9-17H2,1-2H3/t20?,21-,22-,23-,24-,25+/m0/s1. The van der Waals surface area contributed by atoms with Crippen LogP contribution in [0.25, 0.3) is 0 Å². The van der Waals surface area contributed by atoms with Gasteiger partial charge in [0.05, 0.1) is 13.2 Å². The highest BCUT2D eigenvalue weighted by molar-refractivity contribution is 5.29. The van der Waals surface area contributed by atoms with E-state index >= 15 is 0 Å². The maximum Gasteiger partial charge on any atom is 0.0620 e. The van der Waals surface area contributed by atoms with E-state index in [2.05, 4.69) is 31.3 Å². The summed E-state index contributed by atoms with van der Waals surface area (Å²) in [6, 6.07) is 0.569. The topological polar surface area (TPSA) is 21.3 Å². The van der Waals surface area contributed by atoms with Gasteiger partial charge in [-0.05, 0) is 86.4 Å². The van der Waals surface area contributed by atoms with Crippen molar-refractivity contribution in [3.8, 4) is 0 Å². The molecule has 1 aliphatic heterocycles. The summed E-state index contributed by atoms with van der Waals surface area (Å²) >= 11 is 0. The molecule has 0 amide bonds. The summed E-state index contributed by atoms with van der Waals surface area (Å²) in [5.74, 6) is 2.79. The fraction of sp³-hybridized carbons (Fsp3) is 0.840. The number of ether oxygens (including phenoxy) is 1. The molecule has 3 fully saturated rings. The minimum absolute atomic E-state index is 0.479. The summed E-state index contributed by atoms with van der Waals surface area (Å²) in [6.07, 6.45) is 19.3. The molecule has 1 unspecified atom stereocenters. The molecule has 0 aromatic carbocycles. The van der Waals surface area contributed by atoms with Crippen molar-refractivity contribution >= 4 is 0 Å². The third kappa shape index (κ3) is 2.97. The summed E-state index contributed by atoms with van der Waals surface area (Å²) in [6.45, 7) is 8.08. The Morgan fingerprint density at radius 1 is 1.07 bits per heavy atom. The van der Waals surface area contributed by atoms with Gasteiger partial charge in [-0.2, -0.15) is 0 Å². The van der Waals surface area contributed by atoms with Crippen LogP contribution in [-0.2, 0) is 4.74 Å². The van der Waals surface area contributed by atoms with E-state index < -0.39 is 0 Å². The van der Waals surface area contributed by atoms with Crippen LogP contribution in [0.5, 0.6) is 0 Å². The Morgan fingerprint density at radius 2 is 2.00 bits per heavy atom. The Bertz CT molecular complexity index is 630. The Morgan fingerprint density at radius 3 is 2.85 bits per heavy atom. The average molecular weight is 370 g/mol. The van der Waals surface area contributed by atoms with Crippen LogP contribution in [0.1, 0.15) is 78.1 Å². The van der Waals surface area contributed by atoms with E-state index in [4.69, 9.17) is 4.74 Å². The van der Waals surface area contributed by atoms with Gasteiger partial charge in [0.15, 0.2) is 0 Å². The molecule has 150 valence electrons. The zero-order valence-corrected chi connectivity index (χ0v) is 17.6. The van der Waals surface area contributed by atoms with E-state index in [9.17, 15) is 0 Å². The summed E-state index contributed by atoms with van der Waals surface area (Å²) in [5, 5.41) is 3.65. The first-order chi connectivity index (χ1) is 13.1.